The van der Waals surface area contributed by atoms with Crippen LogP contribution in [0.3, 0.4) is 0 Å². The van der Waals surface area contributed by atoms with Gasteiger partial charge in [0, 0.05) is 37.3 Å². The smallest absolute Gasteiger partial charge is 0.319 e. The van der Waals surface area contributed by atoms with Crippen LogP contribution in [0.4, 0.5) is 14.9 Å². The second-order valence-electron chi connectivity index (χ2n) is 7.41. The molecule has 4 N–H and O–H groups in total. The molecule has 2 aliphatic rings. The third kappa shape index (κ3) is 4.94. The summed E-state index contributed by atoms with van der Waals surface area (Å²) in [6, 6.07) is 5.57. The number of nitrogens with zero attached hydrogens (tertiary/aromatic N) is 1. The Kier molecular flexibility index (Phi) is 6.08. The van der Waals surface area contributed by atoms with Gasteiger partial charge < -0.3 is 21.3 Å². The number of anilines is 1. The van der Waals surface area contributed by atoms with Gasteiger partial charge in [-0.05, 0) is 56.2 Å². The second-order valence-corrected chi connectivity index (χ2v) is 7.41. The van der Waals surface area contributed by atoms with Crippen molar-refractivity contribution in [1.82, 2.24) is 10.2 Å². The van der Waals surface area contributed by atoms with Crippen LogP contribution < -0.4 is 16.4 Å². The van der Waals surface area contributed by atoms with Gasteiger partial charge in [0.25, 0.3) is 0 Å². The first-order chi connectivity index (χ1) is 12.5. The van der Waals surface area contributed by atoms with Crippen molar-refractivity contribution in [3.05, 3.63) is 30.1 Å². The molecule has 26 heavy (non-hydrogen) atoms. The quantitative estimate of drug-likeness (QED) is 0.768. The highest BCUT2D eigenvalue weighted by atomic mass is 19.1. The van der Waals surface area contributed by atoms with Crippen LogP contribution in [0.2, 0.25) is 0 Å². The molecule has 0 bridgehead atoms. The lowest BCUT2D eigenvalue weighted by Gasteiger charge is -2.34. The van der Waals surface area contributed by atoms with Crippen LogP contribution in [0.5, 0.6) is 0 Å². The van der Waals surface area contributed by atoms with E-state index in [0.717, 1.165) is 38.6 Å². The highest BCUT2D eigenvalue weighted by molar-refractivity contribution is 5.89. The van der Waals surface area contributed by atoms with Gasteiger partial charge in [-0.15, -0.1) is 0 Å². The summed E-state index contributed by atoms with van der Waals surface area (Å²) >= 11 is 0. The maximum atomic E-state index is 13.1. The van der Waals surface area contributed by atoms with Crippen molar-refractivity contribution in [2.75, 3.05) is 25.0 Å². The number of urea groups is 1. The zero-order valence-corrected chi connectivity index (χ0v) is 14.9. The van der Waals surface area contributed by atoms with Gasteiger partial charge in [0.05, 0.1) is 0 Å². The number of piperidine rings is 1. The van der Waals surface area contributed by atoms with Gasteiger partial charge in [-0.3, -0.25) is 4.79 Å². The lowest BCUT2D eigenvalue weighted by atomic mass is 9.96. The SMILES string of the molecule is NC1CCC(C(=O)N2CCCC(CNC(=O)Nc3cccc(F)c3)C2)C1. The molecule has 1 saturated carbocycles. The number of rotatable bonds is 4. The van der Waals surface area contributed by atoms with E-state index >= 15 is 0 Å². The number of amides is 3. The number of carbonyl (C=O) groups excluding carboxylic acids is 2. The van der Waals surface area contributed by atoms with Crippen molar-refractivity contribution in [2.45, 2.75) is 38.1 Å². The van der Waals surface area contributed by atoms with E-state index in [4.69, 9.17) is 5.73 Å². The molecule has 3 amide bonds. The van der Waals surface area contributed by atoms with E-state index in [1.54, 1.807) is 12.1 Å². The van der Waals surface area contributed by atoms with Gasteiger partial charge in [-0.2, -0.15) is 0 Å². The van der Waals surface area contributed by atoms with Crippen molar-refractivity contribution in [2.24, 2.45) is 17.6 Å². The number of carbonyl (C=O) groups is 2. The summed E-state index contributed by atoms with van der Waals surface area (Å²) in [7, 11) is 0. The maximum Gasteiger partial charge on any atom is 0.319 e. The molecule has 1 aromatic rings. The van der Waals surface area contributed by atoms with Crippen LogP contribution in [0.1, 0.15) is 32.1 Å². The molecule has 0 radical (unpaired) electrons. The Balaban J connectivity index is 1.44. The van der Waals surface area contributed by atoms with Gasteiger partial charge in [0.2, 0.25) is 5.91 Å². The minimum atomic E-state index is -0.393. The number of nitrogens with two attached hydrogens (primary N) is 1. The van der Waals surface area contributed by atoms with Crippen molar-refractivity contribution >= 4 is 17.6 Å². The number of hydrogen-bond donors (Lipinski definition) is 3. The number of likely N-dealkylation sites (tertiary alicyclic amines) is 1. The summed E-state index contributed by atoms with van der Waals surface area (Å²) in [6.45, 7) is 1.95. The normalized spacial score (nSPS) is 25.8. The predicted molar refractivity (Wildman–Crippen MR) is 98.0 cm³/mol. The maximum absolute atomic E-state index is 13.1. The number of benzene rings is 1. The molecule has 1 aliphatic carbocycles. The summed E-state index contributed by atoms with van der Waals surface area (Å²) in [4.78, 5) is 26.6. The Morgan fingerprint density at radius 2 is 2.12 bits per heavy atom. The lowest BCUT2D eigenvalue weighted by Crippen LogP contribution is -2.46. The van der Waals surface area contributed by atoms with E-state index in [1.807, 2.05) is 4.90 Å². The number of nitrogens with one attached hydrogen (secondary N) is 2. The van der Waals surface area contributed by atoms with Crippen molar-refractivity contribution < 1.29 is 14.0 Å². The van der Waals surface area contributed by atoms with E-state index < -0.39 is 5.82 Å². The monoisotopic (exact) mass is 362 g/mol. The van der Waals surface area contributed by atoms with E-state index in [2.05, 4.69) is 10.6 Å². The Morgan fingerprint density at radius 1 is 1.27 bits per heavy atom. The first-order valence-electron chi connectivity index (χ1n) is 9.36. The highest BCUT2D eigenvalue weighted by Crippen LogP contribution is 2.28. The zero-order chi connectivity index (χ0) is 18.5. The first-order valence-corrected chi connectivity index (χ1v) is 9.36. The molecule has 3 unspecified atom stereocenters. The van der Waals surface area contributed by atoms with Gasteiger partial charge in [0.1, 0.15) is 5.82 Å². The van der Waals surface area contributed by atoms with Gasteiger partial charge in [-0.25, -0.2) is 9.18 Å². The third-order valence-electron chi connectivity index (χ3n) is 5.29. The molecule has 0 spiro atoms. The summed E-state index contributed by atoms with van der Waals surface area (Å²) in [5, 5.41) is 5.45. The minimum Gasteiger partial charge on any atom is -0.342 e. The molecule has 1 saturated heterocycles. The molecule has 3 atom stereocenters. The highest BCUT2D eigenvalue weighted by Gasteiger charge is 2.33. The molecular formula is C19H27FN4O2. The number of hydrogen-bond acceptors (Lipinski definition) is 3. The summed E-state index contributed by atoms with van der Waals surface area (Å²) < 4.78 is 13.1. The van der Waals surface area contributed by atoms with Gasteiger partial charge in [0.15, 0.2) is 0 Å². The summed E-state index contributed by atoms with van der Waals surface area (Å²) in [5.41, 5.74) is 6.34. The fourth-order valence-corrected chi connectivity index (χ4v) is 3.91. The topological polar surface area (TPSA) is 87.5 Å². The molecule has 7 heteroatoms. The average Bonchev–Trinajstić information content (AvgIpc) is 3.06. The van der Waals surface area contributed by atoms with E-state index in [9.17, 15) is 14.0 Å². The van der Waals surface area contributed by atoms with Crippen LogP contribution in [-0.2, 0) is 4.79 Å². The van der Waals surface area contributed by atoms with Gasteiger partial charge >= 0.3 is 6.03 Å². The molecule has 1 aliphatic heterocycles. The Hall–Kier alpha value is -2.15. The molecule has 142 valence electrons. The van der Waals surface area contributed by atoms with Crippen molar-refractivity contribution in [1.29, 1.82) is 0 Å². The van der Waals surface area contributed by atoms with Crippen molar-refractivity contribution in [3.8, 4) is 0 Å². The summed E-state index contributed by atoms with van der Waals surface area (Å²) in [5.74, 6) is 0.122. The molecule has 1 heterocycles. The Bertz CT molecular complexity index is 654. The van der Waals surface area contributed by atoms with Crippen LogP contribution in [0.15, 0.2) is 24.3 Å². The molecular weight excluding hydrogens is 335 g/mol. The van der Waals surface area contributed by atoms with E-state index in [1.165, 1.54) is 12.1 Å². The zero-order valence-electron chi connectivity index (χ0n) is 14.9. The van der Waals surface area contributed by atoms with Crippen LogP contribution in [0.25, 0.3) is 0 Å². The van der Waals surface area contributed by atoms with E-state index in [0.29, 0.717) is 18.8 Å². The summed E-state index contributed by atoms with van der Waals surface area (Å²) in [6.07, 6.45) is 4.52. The second kappa shape index (κ2) is 8.49. The fourth-order valence-electron chi connectivity index (χ4n) is 3.91. The van der Waals surface area contributed by atoms with Crippen LogP contribution in [0, 0.1) is 17.7 Å². The molecule has 1 aromatic carbocycles. The molecule has 3 rings (SSSR count). The first kappa shape index (κ1) is 18.6. The predicted octanol–water partition coefficient (Wildman–Crippen LogP) is 2.31. The third-order valence-corrected chi connectivity index (χ3v) is 5.29. The molecule has 0 aromatic heterocycles. The lowest BCUT2D eigenvalue weighted by molar-refractivity contribution is -0.137. The van der Waals surface area contributed by atoms with Crippen molar-refractivity contribution in [3.63, 3.8) is 0 Å². The largest absolute Gasteiger partial charge is 0.342 e. The molecule has 2 fully saturated rings. The molecule has 6 nitrogen and oxygen atoms in total. The Morgan fingerprint density at radius 3 is 2.85 bits per heavy atom. The van der Waals surface area contributed by atoms with E-state index in [-0.39, 0.29) is 29.8 Å². The Labute approximate surface area is 153 Å². The minimum absolute atomic E-state index is 0.0629. The number of halogens is 1. The van der Waals surface area contributed by atoms with Crippen LogP contribution >= 0.6 is 0 Å². The standard InChI is InChI=1S/C19H27FN4O2/c20-15-4-1-5-17(10-15)23-19(26)22-11-13-3-2-8-24(12-13)18(25)14-6-7-16(21)9-14/h1,4-5,10,13-14,16H,2-3,6-9,11-12,21H2,(H2,22,23,26). The van der Waals surface area contributed by atoms with Gasteiger partial charge in [-0.1, -0.05) is 6.07 Å². The van der Waals surface area contributed by atoms with Crippen LogP contribution in [-0.4, -0.2) is 42.5 Å². The fraction of sp³-hybridized carbons (Fsp3) is 0.579. The average molecular weight is 362 g/mol.